The zero-order chi connectivity index (χ0) is 65.4. The van der Waals surface area contributed by atoms with Crippen molar-refractivity contribution in [1.29, 1.82) is 0 Å². The monoisotopic (exact) mass is 1220 g/mol. The van der Waals surface area contributed by atoms with Crippen LogP contribution in [0.5, 0.6) is 0 Å². The standard InChI is InChI=1S/C63H97N9O15/c1-17-39(8)55(47(84-14)34-50(75)72-33-21-24-46(72)57(86-16)40(9)58(78)65-41(10)56(77)44-22-19-18-20-23-44)70(12)62(82)53(37(4)5)69-61(81)54(38(6)7)71(13)63(83)87-35-43-25-27-45(28-26-43)67-59(79)42(11)66-60(80)52(36(2)3)68-49(74)31-32-64-48(73)29-30-51(76)85-15/h18-20,22-23,25-30,36-42,46-47,52-57,77H,17,21,24,31-35H2,1-16H3,(H,64,73)(H,65,78)(H,66,80)(H,67,79)(H,68,74)(H,69,81)/b30-29+/t39-,40+,41+,42-,46-,47+,52-,53-,54-,55-,56+,57+/m0/s1. The molecule has 24 heteroatoms. The Kier molecular flexibility index (Phi) is 30.6. The van der Waals surface area contributed by atoms with Crippen molar-refractivity contribution in [2.24, 2.45) is 29.6 Å². The first-order chi connectivity index (χ1) is 41.0. The summed E-state index contributed by atoms with van der Waals surface area (Å²) in [5.74, 6) is -6.60. The predicted octanol–water partition coefficient (Wildman–Crippen LogP) is 4.40. The molecule has 1 aliphatic heterocycles. The van der Waals surface area contributed by atoms with Crippen LogP contribution in [0.3, 0.4) is 0 Å². The van der Waals surface area contributed by atoms with Crippen LogP contribution in [0.1, 0.15) is 125 Å². The first-order valence-corrected chi connectivity index (χ1v) is 29.9. The number of methoxy groups -OCH3 is 3. The van der Waals surface area contributed by atoms with Gasteiger partial charge in [-0.25, -0.2) is 9.59 Å². The summed E-state index contributed by atoms with van der Waals surface area (Å²) in [5, 5.41) is 27.2. The predicted molar refractivity (Wildman–Crippen MR) is 327 cm³/mol. The molecule has 0 aliphatic carbocycles. The summed E-state index contributed by atoms with van der Waals surface area (Å²) in [6.45, 7) is 19.7. The van der Waals surface area contributed by atoms with E-state index in [4.69, 9.17) is 14.2 Å². The Morgan fingerprint density at radius 3 is 1.91 bits per heavy atom. The van der Waals surface area contributed by atoms with E-state index in [0.29, 0.717) is 42.6 Å². The van der Waals surface area contributed by atoms with Crippen molar-refractivity contribution in [1.82, 2.24) is 41.3 Å². The van der Waals surface area contributed by atoms with Gasteiger partial charge >= 0.3 is 12.1 Å². The summed E-state index contributed by atoms with van der Waals surface area (Å²) in [7, 11) is 7.26. The average molecular weight is 1220 g/mol. The number of carbonyl (C=O) groups is 10. The van der Waals surface area contributed by atoms with Crippen molar-refractivity contribution in [3.8, 4) is 0 Å². The molecule has 3 rings (SSSR count). The van der Waals surface area contributed by atoms with Gasteiger partial charge in [-0.15, -0.1) is 0 Å². The van der Waals surface area contributed by atoms with Crippen LogP contribution in [-0.2, 0) is 68.7 Å². The number of hydrogen-bond acceptors (Lipinski definition) is 15. The summed E-state index contributed by atoms with van der Waals surface area (Å²) < 4.78 is 22.1. The Labute approximate surface area is 513 Å². The molecule has 2 aromatic rings. The molecule has 0 radical (unpaired) electrons. The molecule has 1 aliphatic rings. The van der Waals surface area contributed by atoms with E-state index in [1.54, 1.807) is 109 Å². The second-order valence-corrected chi connectivity index (χ2v) is 23.4. The molecule has 1 heterocycles. The van der Waals surface area contributed by atoms with Gasteiger partial charge in [0.05, 0.1) is 55.9 Å². The average Bonchev–Trinajstić information content (AvgIpc) is 2.65. The van der Waals surface area contributed by atoms with Gasteiger partial charge in [0.25, 0.3) is 0 Å². The van der Waals surface area contributed by atoms with Crippen LogP contribution in [0.4, 0.5) is 10.5 Å². The lowest BCUT2D eigenvalue weighted by Crippen LogP contribution is -2.60. The Balaban J connectivity index is 1.63. The second-order valence-electron chi connectivity index (χ2n) is 23.4. The molecule has 1 fully saturated rings. The van der Waals surface area contributed by atoms with Crippen LogP contribution in [0.15, 0.2) is 66.7 Å². The maximum atomic E-state index is 14.7. The second kappa shape index (κ2) is 36.0. The van der Waals surface area contributed by atoms with E-state index >= 15 is 0 Å². The van der Waals surface area contributed by atoms with E-state index in [-0.39, 0.29) is 49.6 Å². The lowest BCUT2D eigenvalue weighted by Gasteiger charge is -2.41. The molecule has 7 N–H and O–H groups in total. The Hall–Kier alpha value is -7.44. The molecule has 1 saturated heterocycles. The third-order valence-electron chi connectivity index (χ3n) is 15.9. The highest BCUT2D eigenvalue weighted by atomic mass is 16.6. The van der Waals surface area contributed by atoms with Gasteiger partial charge in [-0.3, -0.25) is 43.3 Å². The van der Waals surface area contributed by atoms with Gasteiger partial charge in [0, 0.05) is 65.7 Å². The normalized spacial score (nSPS) is 17.1. The van der Waals surface area contributed by atoms with Crippen LogP contribution in [-0.4, -0.2) is 182 Å². The molecule has 0 saturated carbocycles. The van der Waals surface area contributed by atoms with Crippen molar-refractivity contribution < 1.29 is 72.0 Å². The quantitative estimate of drug-likeness (QED) is 0.0385. The molecule has 9 amide bonds. The molecule has 87 heavy (non-hydrogen) atoms. The SMILES string of the molecule is CC[C@H](C)[C@@H]([C@@H](CC(=O)N1CCC[C@H]1[C@H](OC)[C@@H](C)C(=O)N[C@H](C)[C@@H](O)c1ccccc1)OC)N(C)C(=O)[C@@H](NC(=O)[C@H](C(C)C)N(C)C(=O)OCc1ccc(NC(=O)[C@H](C)NC(=O)[C@@H](NC(=O)CCNC(=O)/C=C/C(=O)OC)C(C)C)cc1)C(C)C. The van der Waals surface area contributed by atoms with E-state index in [2.05, 4.69) is 36.6 Å². The number of nitrogens with one attached hydrogen (secondary N) is 6. The van der Waals surface area contributed by atoms with Crippen LogP contribution in [0, 0.1) is 29.6 Å². The number of aliphatic hydroxyl groups is 1. The summed E-state index contributed by atoms with van der Waals surface area (Å²) >= 11 is 0. The number of likely N-dealkylation sites (tertiary alicyclic amines) is 1. The van der Waals surface area contributed by atoms with Gasteiger partial charge < -0.3 is 65.8 Å². The topological polar surface area (TPSA) is 310 Å². The zero-order valence-electron chi connectivity index (χ0n) is 53.7. The zero-order valence-corrected chi connectivity index (χ0v) is 53.7. The molecule has 12 atom stereocenters. The van der Waals surface area contributed by atoms with Gasteiger partial charge in [-0.05, 0) is 73.6 Å². The lowest BCUT2D eigenvalue weighted by molar-refractivity contribution is -0.148. The Bertz CT molecular complexity index is 2640. The van der Waals surface area contributed by atoms with Crippen molar-refractivity contribution in [3.63, 3.8) is 0 Å². The summed E-state index contributed by atoms with van der Waals surface area (Å²) in [4.78, 5) is 137. The number of anilines is 1. The van der Waals surface area contributed by atoms with Gasteiger partial charge in [0.15, 0.2) is 0 Å². The molecule has 0 spiro atoms. The number of likely N-dealkylation sites (N-methyl/N-ethyl adjacent to an activating group) is 2. The highest BCUT2D eigenvalue weighted by Crippen LogP contribution is 2.30. The molecule has 484 valence electrons. The van der Waals surface area contributed by atoms with E-state index in [1.165, 1.54) is 40.2 Å². The number of aliphatic hydroxyl groups excluding tert-OH is 1. The number of benzene rings is 2. The number of ether oxygens (including phenoxy) is 4. The molecule has 0 unspecified atom stereocenters. The minimum atomic E-state index is -1.07. The molecule has 2 aromatic carbocycles. The molecular weight excluding hydrogens is 1120 g/mol. The first-order valence-electron chi connectivity index (χ1n) is 29.9. The number of hydrogen-bond donors (Lipinski definition) is 7. The van der Waals surface area contributed by atoms with Crippen molar-refractivity contribution in [3.05, 3.63) is 77.9 Å². The Morgan fingerprint density at radius 2 is 1.34 bits per heavy atom. The fourth-order valence-electron chi connectivity index (χ4n) is 10.6. The maximum absolute atomic E-state index is 14.7. The highest BCUT2D eigenvalue weighted by Gasteiger charge is 2.44. The van der Waals surface area contributed by atoms with Crippen LogP contribution >= 0.6 is 0 Å². The van der Waals surface area contributed by atoms with Crippen LogP contribution in [0.25, 0.3) is 0 Å². The van der Waals surface area contributed by atoms with Crippen LogP contribution < -0.4 is 31.9 Å². The highest BCUT2D eigenvalue weighted by molar-refractivity contribution is 5.98. The molecule has 24 nitrogen and oxygen atoms in total. The van der Waals surface area contributed by atoms with E-state index in [9.17, 15) is 53.1 Å². The summed E-state index contributed by atoms with van der Waals surface area (Å²) in [5.41, 5.74) is 1.59. The number of amides is 9. The van der Waals surface area contributed by atoms with Gasteiger partial charge in [0.2, 0.25) is 47.3 Å². The fraction of sp³-hybridized carbons (Fsp3) is 0.619. The summed E-state index contributed by atoms with van der Waals surface area (Å²) in [6, 6.07) is 9.69. The van der Waals surface area contributed by atoms with Crippen molar-refractivity contribution >= 4 is 65.0 Å². The van der Waals surface area contributed by atoms with E-state index in [1.807, 2.05) is 32.0 Å². The third kappa shape index (κ3) is 22.0. The number of esters is 1. The minimum Gasteiger partial charge on any atom is -0.466 e. The number of carbonyl (C=O) groups excluding carboxylic acids is 10. The van der Waals surface area contributed by atoms with Gasteiger partial charge in [-0.2, -0.15) is 0 Å². The van der Waals surface area contributed by atoms with Gasteiger partial charge in [0.1, 0.15) is 30.8 Å². The summed E-state index contributed by atoms with van der Waals surface area (Å²) in [6.07, 6.45) is 0.400. The number of rotatable bonds is 33. The smallest absolute Gasteiger partial charge is 0.410 e. The minimum absolute atomic E-state index is 0.0680. The van der Waals surface area contributed by atoms with E-state index < -0.39 is 126 Å². The van der Waals surface area contributed by atoms with Crippen molar-refractivity contribution in [2.45, 2.75) is 175 Å². The van der Waals surface area contributed by atoms with Gasteiger partial charge in [-0.1, -0.05) is 111 Å². The van der Waals surface area contributed by atoms with E-state index in [0.717, 1.165) is 12.2 Å². The molecule has 0 aromatic heterocycles. The fourth-order valence-corrected chi connectivity index (χ4v) is 10.6. The molecule has 0 bridgehead atoms. The first kappa shape index (κ1) is 73.8. The Morgan fingerprint density at radius 1 is 0.713 bits per heavy atom. The number of nitrogens with zero attached hydrogens (tertiary/aromatic N) is 3. The van der Waals surface area contributed by atoms with Crippen LogP contribution in [0.2, 0.25) is 0 Å². The third-order valence-corrected chi connectivity index (χ3v) is 15.9. The largest absolute Gasteiger partial charge is 0.466 e. The van der Waals surface area contributed by atoms with Crippen molar-refractivity contribution in [2.75, 3.05) is 53.8 Å². The maximum Gasteiger partial charge on any atom is 0.410 e. The lowest BCUT2D eigenvalue weighted by atomic mass is 9.89. The molecular formula is C63H97N9O15.